The summed E-state index contributed by atoms with van der Waals surface area (Å²) < 4.78 is 20.9. The topological polar surface area (TPSA) is 69.0 Å². The maximum absolute atomic E-state index is 13.4. The highest BCUT2D eigenvalue weighted by Crippen LogP contribution is 2.31. The van der Waals surface area contributed by atoms with E-state index in [9.17, 15) is 9.18 Å². The number of ether oxygens (including phenoxy) is 1. The van der Waals surface area contributed by atoms with E-state index in [0.717, 1.165) is 48.3 Å². The second-order valence-corrected chi connectivity index (χ2v) is 7.42. The molecule has 2 aromatic heterocycles. The Morgan fingerprint density at radius 1 is 1.13 bits per heavy atom. The summed E-state index contributed by atoms with van der Waals surface area (Å²) in [5.41, 5.74) is 3.66. The van der Waals surface area contributed by atoms with Crippen LogP contribution >= 0.6 is 0 Å². The minimum atomic E-state index is -0.285. The molecule has 30 heavy (non-hydrogen) atoms. The largest absolute Gasteiger partial charge is 0.378 e. The first-order chi connectivity index (χ1) is 14.7. The van der Waals surface area contributed by atoms with Gasteiger partial charge in [-0.25, -0.2) is 4.39 Å². The van der Waals surface area contributed by atoms with Gasteiger partial charge >= 0.3 is 0 Å². The van der Waals surface area contributed by atoms with Gasteiger partial charge in [-0.15, -0.1) is 0 Å². The first kappa shape index (κ1) is 20.2. The molecule has 1 atom stereocenters. The number of pyridine rings is 1. The van der Waals surface area contributed by atoms with Gasteiger partial charge in [0.1, 0.15) is 5.82 Å². The van der Waals surface area contributed by atoms with E-state index in [1.54, 1.807) is 30.7 Å². The van der Waals surface area contributed by atoms with Gasteiger partial charge in [0, 0.05) is 36.7 Å². The van der Waals surface area contributed by atoms with Crippen molar-refractivity contribution >= 4 is 5.91 Å². The summed E-state index contributed by atoms with van der Waals surface area (Å²) in [4.78, 5) is 16.3. The molecule has 0 unspecified atom stereocenters. The molecule has 0 bridgehead atoms. The monoisotopic (exact) mass is 408 g/mol. The Morgan fingerprint density at radius 3 is 2.67 bits per heavy atom. The van der Waals surface area contributed by atoms with Crippen LogP contribution in [-0.2, 0) is 16.1 Å². The predicted octanol–water partition coefficient (Wildman–Crippen LogP) is 3.83. The lowest BCUT2D eigenvalue weighted by molar-refractivity contribution is -0.124. The van der Waals surface area contributed by atoms with Crippen molar-refractivity contribution < 1.29 is 13.9 Å². The van der Waals surface area contributed by atoms with Crippen LogP contribution in [0, 0.1) is 5.82 Å². The van der Waals surface area contributed by atoms with E-state index in [0.29, 0.717) is 19.5 Å². The molecule has 1 aromatic carbocycles. The van der Waals surface area contributed by atoms with E-state index >= 15 is 0 Å². The van der Waals surface area contributed by atoms with Crippen LogP contribution in [0.3, 0.4) is 0 Å². The van der Waals surface area contributed by atoms with Crippen LogP contribution in [0.2, 0.25) is 0 Å². The van der Waals surface area contributed by atoms with Gasteiger partial charge in [0.15, 0.2) is 0 Å². The minimum Gasteiger partial charge on any atom is -0.378 e. The first-order valence-electron chi connectivity index (χ1n) is 10.3. The Hall–Kier alpha value is -3.06. The molecule has 0 radical (unpaired) electrons. The van der Waals surface area contributed by atoms with Gasteiger partial charge in [0.25, 0.3) is 0 Å². The third-order valence-corrected chi connectivity index (χ3v) is 5.28. The number of hydrogen-bond acceptors (Lipinski definition) is 4. The Labute approximate surface area is 175 Å². The van der Waals surface area contributed by atoms with Gasteiger partial charge in [-0.1, -0.05) is 0 Å². The van der Waals surface area contributed by atoms with Gasteiger partial charge in [0.2, 0.25) is 5.91 Å². The van der Waals surface area contributed by atoms with Crippen LogP contribution in [0.5, 0.6) is 0 Å². The maximum atomic E-state index is 13.4. The number of amides is 1. The number of rotatable bonds is 7. The van der Waals surface area contributed by atoms with E-state index < -0.39 is 0 Å². The summed E-state index contributed by atoms with van der Waals surface area (Å²) >= 11 is 0. The summed E-state index contributed by atoms with van der Waals surface area (Å²) in [6.07, 6.45) is 8.81. The second-order valence-electron chi connectivity index (χ2n) is 7.42. The van der Waals surface area contributed by atoms with E-state index in [1.165, 1.54) is 12.1 Å². The number of hydrogen-bond donors (Lipinski definition) is 1. The zero-order chi connectivity index (χ0) is 20.8. The van der Waals surface area contributed by atoms with Crippen LogP contribution in [0.15, 0.2) is 55.0 Å². The van der Waals surface area contributed by atoms with Crippen LogP contribution < -0.4 is 5.32 Å². The molecule has 156 valence electrons. The zero-order valence-corrected chi connectivity index (χ0v) is 16.8. The summed E-state index contributed by atoms with van der Waals surface area (Å²) in [5.74, 6) is -0.292. The molecule has 6 nitrogen and oxygen atoms in total. The smallest absolute Gasteiger partial charge is 0.222 e. The molecule has 3 aromatic rings. The summed E-state index contributed by atoms with van der Waals surface area (Å²) in [6, 6.07) is 10.2. The minimum absolute atomic E-state index is 0.00764. The van der Waals surface area contributed by atoms with Crippen LogP contribution in [0.25, 0.3) is 22.4 Å². The van der Waals surface area contributed by atoms with Crippen molar-refractivity contribution in [3.63, 3.8) is 0 Å². The molecule has 7 heteroatoms. The van der Waals surface area contributed by atoms with Gasteiger partial charge in [0.05, 0.1) is 31.0 Å². The van der Waals surface area contributed by atoms with Crippen LogP contribution in [0.4, 0.5) is 4.39 Å². The lowest BCUT2D eigenvalue weighted by Gasteiger charge is -2.22. The van der Waals surface area contributed by atoms with Crippen molar-refractivity contribution in [2.75, 3.05) is 13.2 Å². The average Bonchev–Trinajstić information content (AvgIpc) is 3.19. The number of aromatic nitrogens is 3. The second kappa shape index (κ2) is 9.63. The third-order valence-electron chi connectivity index (χ3n) is 5.28. The Morgan fingerprint density at radius 2 is 1.93 bits per heavy atom. The van der Waals surface area contributed by atoms with Crippen molar-refractivity contribution in [2.24, 2.45) is 0 Å². The van der Waals surface area contributed by atoms with Crippen molar-refractivity contribution in [2.45, 2.75) is 38.3 Å². The fourth-order valence-electron chi connectivity index (χ4n) is 3.76. The number of carbonyl (C=O) groups excluding carboxylic acids is 1. The maximum Gasteiger partial charge on any atom is 0.222 e. The van der Waals surface area contributed by atoms with E-state index in [4.69, 9.17) is 4.74 Å². The molecule has 4 rings (SSSR count). The Bertz CT molecular complexity index is 967. The summed E-state index contributed by atoms with van der Waals surface area (Å²) in [5, 5.41) is 7.50. The molecule has 3 heterocycles. The van der Waals surface area contributed by atoms with Gasteiger partial charge in [-0.3, -0.25) is 14.5 Å². The normalized spacial score (nSPS) is 16.4. The number of halogens is 1. The number of benzene rings is 1. The Kier molecular flexibility index (Phi) is 6.49. The fraction of sp³-hybridized carbons (Fsp3) is 0.348. The number of carbonyl (C=O) groups is 1. The quantitative estimate of drug-likeness (QED) is 0.645. The third kappa shape index (κ3) is 4.91. The molecule has 1 fully saturated rings. The zero-order valence-electron chi connectivity index (χ0n) is 16.8. The fourth-order valence-corrected chi connectivity index (χ4v) is 3.76. The highest BCUT2D eigenvalue weighted by Gasteiger charge is 2.18. The molecule has 1 saturated heterocycles. The molecule has 1 aliphatic heterocycles. The molecular formula is C23H25FN4O2. The Balaban J connectivity index is 1.48. The number of nitrogens with zero attached hydrogens (tertiary/aromatic N) is 3. The average molecular weight is 408 g/mol. The van der Waals surface area contributed by atoms with Gasteiger partial charge < -0.3 is 10.1 Å². The molecule has 0 spiro atoms. The van der Waals surface area contributed by atoms with Crippen LogP contribution in [-0.4, -0.2) is 39.9 Å². The van der Waals surface area contributed by atoms with E-state index in [2.05, 4.69) is 15.4 Å². The van der Waals surface area contributed by atoms with Crippen LogP contribution in [0.1, 0.15) is 25.7 Å². The van der Waals surface area contributed by atoms with Gasteiger partial charge in [-0.2, -0.15) is 5.10 Å². The molecule has 1 aliphatic rings. The SMILES string of the molecule is O=C(C[C@@H]1CCCCO1)NCCn1ncc(-c2ccncc2)c1-c1ccc(F)cc1. The highest BCUT2D eigenvalue weighted by atomic mass is 19.1. The molecule has 1 N–H and O–H groups in total. The summed E-state index contributed by atoms with van der Waals surface area (Å²) in [7, 11) is 0. The predicted molar refractivity (Wildman–Crippen MR) is 112 cm³/mol. The molecular weight excluding hydrogens is 383 g/mol. The molecule has 1 amide bonds. The molecule has 0 saturated carbocycles. The standard InChI is InChI=1S/C23H25FN4O2/c24-19-6-4-18(5-7-19)23-21(17-8-10-25-11-9-17)16-27-28(23)13-12-26-22(29)15-20-3-1-2-14-30-20/h4-11,16,20H,1-3,12-15H2,(H,26,29)/t20-/m0/s1. The van der Waals surface area contributed by atoms with E-state index in [1.807, 2.05) is 16.8 Å². The van der Waals surface area contributed by atoms with Crippen molar-refractivity contribution in [3.8, 4) is 22.4 Å². The van der Waals surface area contributed by atoms with Crippen molar-refractivity contribution in [1.29, 1.82) is 0 Å². The highest BCUT2D eigenvalue weighted by molar-refractivity contribution is 5.80. The first-order valence-corrected chi connectivity index (χ1v) is 10.3. The van der Waals surface area contributed by atoms with Gasteiger partial charge in [-0.05, 0) is 61.2 Å². The lowest BCUT2D eigenvalue weighted by Crippen LogP contribution is -2.32. The van der Waals surface area contributed by atoms with E-state index in [-0.39, 0.29) is 17.8 Å². The van der Waals surface area contributed by atoms with Crippen molar-refractivity contribution in [1.82, 2.24) is 20.1 Å². The lowest BCUT2D eigenvalue weighted by atomic mass is 10.0. The number of nitrogens with one attached hydrogen (secondary N) is 1. The van der Waals surface area contributed by atoms with Crippen molar-refractivity contribution in [3.05, 3.63) is 60.8 Å². The summed E-state index contributed by atoms with van der Waals surface area (Å²) in [6.45, 7) is 1.70. The molecule has 0 aliphatic carbocycles.